The third-order valence-electron chi connectivity index (χ3n) is 2.30. The molecule has 2 amide bonds. The van der Waals surface area contributed by atoms with Gasteiger partial charge in [0.05, 0.1) is 11.5 Å². The molecule has 0 radical (unpaired) electrons. The third-order valence-corrected chi connectivity index (χ3v) is 3.22. The van der Waals surface area contributed by atoms with Crippen LogP contribution in [0.25, 0.3) is 0 Å². The minimum atomic E-state index is -0.932. The summed E-state index contributed by atoms with van der Waals surface area (Å²) in [5.41, 5.74) is 0. The SMILES string of the molecule is O=C(O)CSCC(=O)NCCN1CC=CCC1=O. The Morgan fingerprint density at radius 1 is 1.39 bits per heavy atom. The zero-order valence-corrected chi connectivity index (χ0v) is 10.7. The molecule has 0 saturated heterocycles. The third kappa shape index (κ3) is 5.72. The molecule has 0 spiro atoms. The van der Waals surface area contributed by atoms with Gasteiger partial charge in [0.15, 0.2) is 0 Å². The van der Waals surface area contributed by atoms with Crippen molar-refractivity contribution in [2.24, 2.45) is 0 Å². The Morgan fingerprint density at radius 2 is 2.17 bits per heavy atom. The molecule has 1 aliphatic rings. The van der Waals surface area contributed by atoms with Crippen molar-refractivity contribution in [3.05, 3.63) is 12.2 Å². The zero-order valence-electron chi connectivity index (χ0n) is 9.92. The van der Waals surface area contributed by atoms with E-state index in [0.717, 1.165) is 11.8 Å². The molecule has 2 N–H and O–H groups in total. The molecule has 6 nitrogen and oxygen atoms in total. The maximum Gasteiger partial charge on any atom is 0.313 e. The fourth-order valence-corrected chi connectivity index (χ4v) is 2.01. The Morgan fingerprint density at radius 3 is 2.83 bits per heavy atom. The molecule has 0 aliphatic carbocycles. The number of thioether (sulfide) groups is 1. The first-order valence-corrected chi connectivity index (χ1v) is 6.74. The molecule has 1 aliphatic heterocycles. The van der Waals surface area contributed by atoms with Gasteiger partial charge < -0.3 is 15.3 Å². The maximum atomic E-state index is 11.4. The summed E-state index contributed by atoms with van der Waals surface area (Å²) in [6.45, 7) is 1.47. The van der Waals surface area contributed by atoms with E-state index in [-0.39, 0.29) is 23.3 Å². The van der Waals surface area contributed by atoms with Crippen molar-refractivity contribution in [3.8, 4) is 0 Å². The van der Waals surface area contributed by atoms with E-state index in [1.807, 2.05) is 12.2 Å². The molecule has 18 heavy (non-hydrogen) atoms. The van der Waals surface area contributed by atoms with Gasteiger partial charge >= 0.3 is 5.97 Å². The van der Waals surface area contributed by atoms with Crippen molar-refractivity contribution in [2.45, 2.75) is 6.42 Å². The van der Waals surface area contributed by atoms with Gasteiger partial charge in [-0.05, 0) is 0 Å². The predicted molar refractivity (Wildman–Crippen MR) is 68.3 cm³/mol. The van der Waals surface area contributed by atoms with Crippen LogP contribution in [0, 0.1) is 0 Å². The first-order valence-electron chi connectivity index (χ1n) is 5.58. The van der Waals surface area contributed by atoms with E-state index in [2.05, 4.69) is 5.32 Å². The molecular formula is C11H16N2O4S. The van der Waals surface area contributed by atoms with Crippen LogP contribution in [0.3, 0.4) is 0 Å². The van der Waals surface area contributed by atoms with E-state index < -0.39 is 5.97 Å². The number of rotatable bonds is 7. The minimum Gasteiger partial charge on any atom is -0.481 e. The fourth-order valence-electron chi connectivity index (χ4n) is 1.45. The number of nitrogens with one attached hydrogen (secondary N) is 1. The highest BCUT2D eigenvalue weighted by Gasteiger charge is 2.13. The number of aliphatic carboxylic acids is 1. The number of amides is 2. The highest BCUT2D eigenvalue weighted by atomic mass is 32.2. The van der Waals surface area contributed by atoms with Crippen LogP contribution in [0.4, 0.5) is 0 Å². The Labute approximate surface area is 109 Å². The molecule has 0 fully saturated rings. The molecule has 100 valence electrons. The van der Waals surface area contributed by atoms with Gasteiger partial charge in [-0.3, -0.25) is 14.4 Å². The molecule has 0 unspecified atom stereocenters. The molecule has 0 aromatic heterocycles. The van der Waals surface area contributed by atoms with Crippen molar-refractivity contribution < 1.29 is 19.5 Å². The van der Waals surface area contributed by atoms with Gasteiger partial charge in [0, 0.05) is 26.1 Å². The highest BCUT2D eigenvalue weighted by molar-refractivity contribution is 8.00. The lowest BCUT2D eigenvalue weighted by Crippen LogP contribution is -2.40. The first kappa shape index (κ1) is 14.6. The van der Waals surface area contributed by atoms with Gasteiger partial charge in [-0.15, -0.1) is 11.8 Å². The van der Waals surface area contributed by atoms with Crippen LogP contribution in [0.15, 0.2) is 12.2 Å². The average molecular weight is 272 g/mol. The number of carboxylic acids is 1. The molecule has 0 aromatic rings. The molecule has 0 atom stereocenters. The van der Waals surface area contributed by atoms with E-state index in [1.54, 1.807) is 4.90 Å². The predicted octanol–water partition coefficient (Wildman–Crippen LogP) is -0.291. The van der Waals surface area contributed by atoms with Crippen molar-refractivity contribution in [3.63, 3.8) is 0 Å². The number of hydrogen-bond acceptors (Lipinski definition) is 4. The van der Waals surface area contributed by atoms with Crippen LogP contribution < -0.4 is 5.32 Å². The lowest BCUT2D eigenvalue weighted by atomic mass is 10.2. The summed E-state index contributed by atoms with van der Waals surface area (Å²) in [6.07, 6.45) is 4.17. The summed E-state index contributed by atoms with van der Waals surface area (Å²) >= 11 is 1.05. The van der Waals surface area contributed by atoms with Crippen molar-refractivity contribution in [1.82, 2.24) is 10.2 Å². The Kier molecular flexibility index (Phi) is 6.27. The smallest absolute Gasteiger partial charge is 0.313 e. The zero-order chi connectivity index (χ0) is 13.4. The van der Waals surface area contributed by atoms with Gasteiger partial charge in [-0.2, -0.15) is 0 Å². The molecule has 0 aromatic carbocycles. The molecule has 1 heterocycles. The summed E-state index contributed by atoms with van der Waals surface area (Å²) in [7, 11) is 0. The number of carbonyl (C=O) groups is 3. The summed E-state index contributed by atoms with van der Waals surface area (Å²) < 4.78 is 0. The van der Waals surface area contributed by atoms with Crippen LogP contribution in [0.5, 0.6) is 0 Å². The van der Waals surface area contributed by atoms with E-state index in [9.17, 15) is 14.4 Å². The largest absolute Gasteiger partial charge is 0.481 e. The van der Waals surface area contributed by atoms with E-state index in [4.69, 9.17) is 5.11 Å². The summed E-state index contributed by atoms with van der Waals surface area (Å²) in [5, 5.41) is 11.1. The van der Waals surface area contributed by atoms with Gasteiger partial charge in [0.2, 0.25) is 11.8 Å². The summed E-state index contributed by atoms with van der Waals surface area (Å²) in [5.74, 6) is -1.03. The molecular weight excluding hydrogens is 256 g/mol. The van der Waals surface area contributed by atoms with Crippen LogP contribution in [-0.4, -0.2) is 58.9 Å². The minimum absolute atomic E-state index is 0.0620. The lowest BCUT2D eigenvalue weighted by Gasteiger charge is -2.23. The average Bonchev–Trinajstić information content (AvgIpc) is 2.31. The topological polar surface area (TPSA) is 86.7 Å². The van der Waals surface area contributed by atoms with Gasteiger partial charge in [-0.25, -0.2) is 0 Å². The second-order valence-corrected chi connectivity index (χ2v) is 4.74. The van der Waals surface area contributed by atoms with Crippen molar-refractivity contribution in [1.29, 1.82) is 0 Å². The monoisotopic (exact) mass is 272 g/mol. The summed E-state index contributed by atoms with van der Waals surface area (Å²) in [4.78, 5) is 34.6. The van der Waals surface area contributed by atoms with Crippen molar-refractivity contribution in [2.75, 3.05) is 31.1 Å². The van der Waals surface area contributed by atoms with Crippen LogP contribution in [0.2, 0.25) is 0 Å². The second kappa shape index (κ2) is 7.75. The number of carbonyl (C=O) groups excluding carboxylic acids is 2. The van der Waals surface area contributed by atoms with Gasteiger partial charge in [0.25, 0.3) is 0 Å². The number of nitrogens with zero attached hydrogens (tertiary/aromatic N) is 1. The van der Waals surface area contributed by atoms with Gasteiger partial charge in [-0.1, -0.05) is 12.2 Å². The highest BCUT2D eigenvalue weighted by Crippen LogP contribution is 2.02. The van der Waals surface area contributed by atoms with E-state index >= 15 is 0 Å². The number of hydrogen-bond donors (Lipinski definition) is 2. The normalized spacial score (nSPS) is 14.7. The maximum absolute atomic E-state index is 11.4. The lowest BCUT2D eigenvalue weighted by molar-refractivity contribution is -0.134. The van der Waals surface area contributed by atoms with E-state index in [0.29, 0.717) is 26.1 Å². The quantitative estimate of drug-likeness (QED) is 0.622. The van der Waals surface area contributed by atoms with Crippen LogP contribution in [0.1, 0.15) is 6.42 Å². The van der Waals surface area contributed by atoms with Gasteiger partial charge in [0.1, 0.15) is 0 Å². The Bertz CT molecular complexity index is 357. The second-order valence-electron chi connectivity index (χ2n) is 3.75. The van der Waals surface area contributed by atoms with Crippen LogP contribution >= 0.6 is 11.8 Å². The first-order chi connectivity index (χ1) is 8.59. The standard InChI is InChI=1S/C11H16N2O4S/c14-9(7-18-8-11(16)17)12-4-6-13-5-2-1-3-10(13)15/h1-2H,3-8H2,(H,12,14)(H,16,17). The Balaban J connectivity index is 2.09. The molecule has 0 bridgehead atoms. The molecule has 1 rings (SSSR count). The van der Waals surface area contributed by atoms with Crippen molar-refractivity contribution >= 4 is 29.5 Å². The fraction of sp³-hybridized carbons (Fsp3) is 0.545. The Hall–Kier alpha value is -1.50. The molecule has 0 saturated carbocycles. The van der Waals surface area contributed by atoms with Crippen LogP contribution in [-0.2, 0) is 14.4 Å². The summed E-state index contributed by atoms with van der Waals surface area (Å²) in [6, 6.07) is 0. The number of carboxylic acid groups (broad SMARTS) is 1. The molecule has 7 heteroatoms. The van der Waals surface area contributed by atoms with E-state index in [1.165, 1.54) is 0 Å².